The minimum atomic E-state index is 0.770. The van der Waals surface area contributed by atoms with Gasteiger partial charge in [0.15, 0.2) is 0 Å². The molecule has 0 aromatic carbocycles. The highest BCUT2D eigenvalue weighted by molar-refractivity contribution is 4.86. The summed E-state index contributed by atoms with van der Waals surface area (Å²) >= 11 is 0. The van der Waals surface area contributed by atoms with Gasteiger partial charge in [-0.1, -0.05) is 20.3 Å². The smallest absolute Gasteiger partial charge is 0.0348 e. The Bertz CT molecular complexity index is 121. The Morgan fingerprint density at radius 3 is 2.42 bits per heavy atom. The molecule has 0 aromatic heterocycles. The highest BCUT2D eigenvalue weighted by Gasteiger charge is 2.26. The first-order valence-electron chi connectivity index (χ1n) is 5.26. The van der Waals surface area contributed by atoms with Crippen molar-refractivity contribution in [3.05, 3.63) is 0 Å². The summed E-state index contributed by atoms with van der Waals surface area (Å²) in [4.78, 5) is 2.62. The number of hydrogen-bond donors (Lipinski definition) is 1. The molecule has 72 valence electrons. The molecule has 0 aromatic rings. The lowest BCUT2D eigenvalue weighted by atomic mass is 10.1. The minimum Gasteiger partial charge on any atom is -0.314 e. The maximum Gasteiger partial charge on any atom is 0.0348 e. The van der Waals surface area contributed by atoms with Crippen molar-refractivity contribution in [2.75, 3.05) is 19.6 Å². The largest absolute Gasteiger partial charge is 0.314 e. The molecule has 1 fully saturated rings. The fraction of sp³-hybridized carbons (Fsp3) is 1.00. The first kappa shape index (κ1) is 10.0. The van der Waals surface area contributed by atoms with Gasteiger partial charge in [0.1, 0.15) is 0 Å². The van der Waals surface area contributed by atoms with E-state index in [1.54, 1.807) is 0 Å². The second-order valence-electron chi connectivity index (χ2n) is 3.78. The molecule has 1 saturated heterocycles. The number of likely N-dealkylation sites (N-methyl/N-ethyl adjacent to an activating group) is 1. The average molecular weight is 170 g/mol. The van der Waals surface area contributed by atoms with Gasteiger partial charge < -0.3 is 5.32 Å². The van der Waals surface area contributed by atoms with E-state index in [0.29, 0.717) is 0 Å². The number of nitrogens with zero attached hydrogens (tertiary/aromatic N) is 1. The third-order valence-electron chi connectivity index (χ3n) is 2.87. The van der Waals surface area contributed by atoms with Gasteiger partial charge in [0, 0.05) is 25.2 Å². The molecule has 0 spiro atoms. The Morgan fingerprint density at radius 2 is 2.08 bits per heavy atom. The zero-order chi connectivity index (χ0) is 8.97. The van der Waals surface area contributed by atoms with E-state index in [-0.39, 0.29) is 0 Å². The van der Waals surface area contributed by atoms with Crippen molar-refractivity contribution in [3.8, 4) is 0 Å². The lowest BCUT2D eigenvalue weighted by Crippen LogP contribution is -2.59. The summed E-state index contributed by atoms with van der Waals surface area (Å²) in [5, 5.41) is 3.33. The van der Waals surface area contributed by atoms with Crippen molar-refractivity contribution in [2.45, 2.75) is 45.7 Å². The molecule has 1 rings (SSSR count). The summed E-state index contributed by atoms with van der Waals surface area (Å²) in [6, 6.07) is 1.59. The van der Waals surface area contributed by atoms with E-state index in [9.17, 15) is 0 Å². The summed E-state index contributed by atoms with van der Waals surface area (Å²) < 4.78 is 0. The molecule has 1 N–H and O–H groups in total. The van der Waals surface area contributed by atoms with Gasteiger partial charge in [-0.05, 0) is 19.9 Å². The van der Waals surface area contributed by atoms with Crippen molar-refractivity contribution in [1.82, 2.24) is 10.2 Å². The minimum absolute atomic E-state index is 0.770. The molecule has 2 nitrogen and oxygen atoms in total. The van der Waals surface area contributed by atoms with Crippen LogP contribution in [0.1, 0.15) is 33.6 Å². The van der Waals surface area contributed by atoms with Crippen LogP contribution in [-0.4, -0.2) is 36.6 Å². The van der Waals surface area contributed by atoms with Gasteiger partial charge in [0.25, 0.3) is 0 Å². The highest BCUT2D eigenvalue weighted by atomic mass is 15.2. The standard InChI is InChI=1S/C10H22N2/c1-4-6-9(3)12(5-2)10-7-11-8-10/h9-11H,4-8H2,1-3H3. The predicted octanol–water partition coefficient (Wildman–Crippen LogP) is 1.47. The molecule has 0 amide bonds. The molecule has 2 heteroatoms. The molecule has 12 heavy (non-hydrogen) atoms. The van der Waals surface area contributed by atoms with Crippen molar-refractivity contribution in [3.63, 3.8) is 0 Å². The molecule has 0 aliphatic carbocycles. The number of rotatable bonds is 5. The van der Waals surface area contributed by atoms with Crippen molar-refractivity contribution < 1.29 is 0 Å². The normalized spacial score (nSPS) is 21.0. The lowest BCUT2D eigenvalue weighted by Gasteiger charge is -2.41. The molecule has 0 bridgehead atoms. The zero-order valence-electron chi connectivity index (χ0n) is 8.64. The van der Waals surface area contributed by atoms with Crippen LogP contribution in [0.5, 0.6) is 0 Å². The Labute approximate surface area is 76.3 Å². The van der Waals surface area contributed by atoms with Crippen LogP contribution in [-0.2, 0) is 0 Å². The SMILES string of the molecule is CCCC(C)N(CC)C1CNC1. The molecule has 0 saturated carbocycles. The van der Waals surface area contributed by atoms with Crippen LogP contribution in [0.3, 0.4) is 0 Å². The molecule has 0 radical (unpaired) electrons. The fourth-order valence-corrected chi connectivity index (χ4v) is 2.02. The second-order valence-corrected chi connectivity index (χ2v) is 3.78. The van der Waals surface area contributed by atoms with Crippen LogP contribution in [0.4, 0.5) is 0 Å². The van der Waals surface area contributed by atoms with E-state index < -0.39 is 0 Å². The topological polar surface area (TPSA) is 15.3 Å². The van der Waals surface area contributed by atoms with E-state index in [4.69, 9.17) is 0 Å². The van der Waals surface area contributed by atoms with Crippen LogP contribution in [0, 0.1) is 0 Å². The Kier molecular flexibility index (Phi) is 4.02. The van der Waals surface area contributed by atoms with Crippen molar-refractivity contribution in [1.29, 1.82) is 0 Å². The van der Waals surface area contributed by atoms with Crippen LogP contribution in [0.25, 0.3) is 0 Å². The van der Waals surface area contributed by atoms with E-state index >= 15 is 0 Å². The van der Waals surface area contributed by atoms with Gasteiger partial charge in [-0.2, -0.15) is 0 Å². The summed E-state index contributed by atoms with van der Waals surface area (Å²) in [7, 11) is 0. The third-order valence-corrected chi connectivity index (χ3v) is 2.87. The van der Waals surface area contributed by atoms with E-state index in [2.05, 4.69) is 31.0 Å². The molecular formula is C10H22N2. The van der Waals surface area contributed by atoms with E-state index in [1.165, 1.54) is 32.5 Å². The van der Waals surface area contributed by atoms with Crippen molar-refractivity contribution in [2.24, 2.45) is 0 Å². The second kappa shape index (κ2) is 4.83. The Morgan fingerprint density at radius 1 is 1.42 bits per heavy atom. The molecule has 1 aliphatic rings. The van der Waals surface area contributed by atoms with Crippen LogP contribution < -0.4 is 5.32 Å². The first-order chi connectivity index (χ1) is 5.79. The summed E-state index contributed by atoms with van der Waals surface area (Å²) in [6.07, 6.45) is 2.64. The number of nitrogens with one attached hydrogen (secondary N) is 1. The van der Waals surface area contributed by atoms with Gasteiger partial charge in [-0.3, -0.25) is 4.90 Å². The number of hydrogen-bond acceptors (Lipinski definition) is 2. The summed E-state index contributed by atoms with van der Waals surface area (Å²) in [5.41, 5.74) is 0. The molecule has 1 unspecified atom stereocenters. The third kappa shape index (κ3) is 2.20. The highest BCUT2D eigenvalue weighted by Crippen LogP contribution is 2.12. The zero-order valence-corrected chi connectivity index (χ0v) is 8.64. The Balaban J connectivity index is 2.31. The van der Waals surface area contributed by atoms with Gasteiger partial charge >= 0.3 is 0 Å². The first-order valence-corrected chi connectivity index (χ1v) is 5.26. The quantitative estimate of drug-likeness (QED) is 0.672. The van der Waals surface area contributed by atoms with Crippen LogP contribution in [0.2, 0.25) is 0 Å². The molecule has 1 aliphatic heterocycles. The Hall–Kier alpha value is -0.0800. The van der Waals surface area contributed by atoms with Gasteiger partial charge in [-0.15, -0.1) is 0 Å². The van der Waals surface area contributed by atoms with Gasteiger partial charge in [0.05, 0.1) is 0 Å². The molecule has 1 atom stereocenters. The van der Waals surface area contributed by atoms with Crippen LogP contribution in [0.15, 0.2) is 0 Å². The average Bonchev–Trinajstić information content (AvgIpc) is 1.96. The van der Waals surface area contributed by atoms with Crippen molar-refractivity contribution >= 4 is 0 Å². The maximum absolute atomic E-state index is 3.33. The van der Waals surface area contributed by atoms with Gasteiger partial charge in [-0.25, -0.2) is 0 Å². The summed E-state index contributed by atoms with van der Waals surface area (Å²) in [5.74, 6) is 0. The lowest BCUT2D eigenvalue weighted by molar-refractivity contribution is 0.104. The predicted molar refractivity (Wildman–Crippen MR) is 53.4 cm³/mol. The van der Waals surface area contributed by atoms with E-state index in [0.717, 1.165) is 12.1 Å². The van der Waals surface area contributed by atoms with Gasteiger partial charge in [0.2, 0.25) is 0 Å². The summed E-state index contributed by atoms with van der Waals surface area (Å²) in [6.45, 7) is 10.5. The monoisotopic (exact) mass is 170 g/mol. The van der Waals surface area contributed by atoms with E-state index in [1.807, 2.05) is 0 Å². The fourth-order valence-electron chi connectivity index (χ4n) is 2.02. The maximum atomic E-state index is 3.33. The van der Waals surface area contributed by atoms with Crippen LogP contribution >= 0.6 is 0 Å². The molecular weight excluding hydrogens is 148 g/mol. The molecule has 1 heterocycles.